The Hall–Kier alpha value is -0.870. The Labute approximate surface area is 164 Å². The number of thiazole rings is 1. The second-order valence-electron chi connectivity index (χ2n) is 5.85. The maximum atomic E-state index is 4.65. The normalized spacial score (nSPS) is 16.1. The lowest BCUT2D eigenvalue weighted by Crippen LogP contribution is -2.42. The number of hydrogen-bond acceptors (Lipinski definition) is 4. The Balaban J connectivity index is 0.00000208. The molecule has 1 saturated heterocycles. The van der Waals surface area contributed by atoms with Gasteiger partial charge < -0.3 is 15.5 Å². The van der Waals surface area contributed by atoms with Crippen LogP contribution in [0.2, 0.25) is 0 Å². The van der Waals surface area contributed by atoms with Gasteiger partial charge in [0, 0.05) is 37.4 Å². The van der Waals surface area contributed by atoms with Crippen molar-refractivity contribution in [3.63, 3.8) is 0 Å². The molecule has 0 bridgehead atoms. The second kappa shape index (κ2) is 10.2. The van der Waals surface area contributed by atoms with Crippen LogP contribution in [0.4, 0.5) is 0 Å². The summed E-state index contributed by atoms with van der Waals surface area (Å²) in [5, 5.41) is 8.78. The van der Waals surface area contributed by atoms with E-state index >= 15 is 0 Å². The van der Waals surface area contributed by atoms with Crippen LogP contribution in [0.25, 0.3) is 4.96 Å². The number of aromatic nitrogens is 2. The molecule has 0 spiro atoms. The maximum absolute atomic E-state index is 4.65. The average Bonchev–Trinajstić information content (AvgIpc) is 3.15. The van der Waals surface area contributed by atoms with E-state index < -0.39 is 0 Å². The molecule has 0 aliphatic carbocycles. The molecule has 2 aromatic heterocycles. The summed E-state index contributed by atoms with van der Waals surface area (Å²) >= 11 is 1.65. The molecule has 2 N–H and O–H groups in total. The van der Waals surface area contributed by atoms with Crippen molar-refractivity contribution in [2.24, 2.45) is 4.99 Å². The molecule has 0 radical (unpaired) electrons. The summed E-state index contributed by atoms with van der Waals surface area (Å²) in [6.45, 7) is 8.06. The molecule has 0 atom stereocenters. The number of likely N-dealkylation sites (tertiary alicyclic amines) is 1. The summed E-state index contributed by atoms with van der Waals surface area (Å²) in [6.07, 6.45) is 8.14. The van der Waals surface area contributed by atoms with Crippen LogP contribution in [0.3, 0.4) is 0 Å². The summed E-state index contributed by atoms with van der Waals surface area (Å²) in [4.78, 5) is 12.8. The molecule has 1 fully saturated rings. The van der Waals surface area contributed by atoms with Crippen LogP contribution in [-0.2, 0) is 6.54 Å². The van der Waals surface area contributed by atoms with Crippen LogP contribution in [0, 0.1) is 0 Å². The number of nitrogens with zero attached hydrogens (tertiary/aromatic N) is 4. The van der Waals surface area contributed by atoms with E-state index in [1.165, 1.54) is 32.4 Å². The van der Waals surface area contributed by atoms with Gasteiger partial charge in [0.05, 0.1) is 12.2 Å². The van der Waals surface area contributed by atoms with Gasteiger partial charge >= 0.3 is 0 Å². The molecule has 0 amide bonds. The lowest BCUT2D eigenvalue weighted by molar-refractivity contribution is 0.232. The smallest absolute Gasteiger partial charge is 0.193 e. The van der Waals surface area contributed by atoms with Gasteiger partial charge in [0.1, 0.15) is 0 Å². The fourth-order valence-electron chi connectivity index (χ4n) is 2.87. The predicted molar refractivity (Wildman–Crippen MR) is 112 cm³/mol. The third kappa shape index (κ3) is 5.59. The minimum atomic E-state index is 0. The summed E-state index contributed by atoms with van der Waals surface area (Å²) in [7, 11) is 0. The molecule has 8 heteroatoms. The fraction of sp³-hybridized carbons (Fsp3) is 0.625. The Bertz CT molecular complexity index is 603. The monoisotopic (exact) mass is 462 g/mol. The minimum absolute atomic E-state index is 0. The van der Waals surface area contributed by atoms with Crippen LogP contribution < -0.4 is 10.6 Å². The molecule has 2 aromatic rings. The molecule has 1 aliphatic rings. The van der Waals surface area contributed by atoms with Crippen LogP contribution in [0.5, 0.6) is 0 Å². The Morgan fingerprint density at radius 3 is 2.88 bits per heavy atom. The van der Waals surface area contributed by atoms with Crippen molar-refractivity contribution in [2.75, 3.05) is 32.7 Å². The number of rotatable bonds is 6. The van der Waals surface area contributed by atoms with E-state index in [1.807, 2.05) is 22.2 Å². The van der Waals surface area contributed by atoms with Crippen LogP contribution in [0.1, 0.15) is 31.9 Å². The van der Waals surface area contributed by atoms with Crippen molar-refractivity contribution in [1.82, 2.24) is 24.9 Å². The molecule has 0 saturated carbocycles. The average molecular weight is 462 g/mol. The zero-order valence-electron chi connectivity index (χ0n) is 14.2. The largest absolute Gasteiger partial charge is 0.357 e. The van der Waals surface area contributed by atoms with Gasteiger partial charge in [0.25, 0.3) is 0 Å². The highest BCUT2D eigenvalue weighted by atomic mass is 127. The predicted octanol–water partition coefficient (Wildman–Crippen LogP) is 2.55. The lowest BCUT2D eigenvalue weighted by atomic mass is 10.1. The van der Waals surface area contributed by atoms with E-state index in [2.05, 4.69) is 32.4 Å². The van der Waals surface area contributed by atoms with Gasteiger partial charge in [-0.05, 0) is 32.9 Å². The quantitative estimate of drug-likeness (QED) is 0.394. The van der Waals surface area contributed by atoms with Crippen molar-refractivity contribution >= 4 is 46.2 Å². The number of hydrogen-bond donors (Lipinski definition) is 2. The lowest BCUT2D eigenvalue weighted by Gasteiger charge is -2.26. The number of halogens is 1. The Morgan fingerprint density at radius 2 is 2.12 bits per heavy atom. The molecule has 134 valence electrons. The Morgan fingerprint density at radius 1 is 1.29 bits per heavy atom. The summed E-state index contributed by atoms with van der Waals surface area (Å²) in [5.41, 5.74) is 1.00. The summed E-state index contributed by atoms with van der Waals surface area (Å²) in [5.74, 6) is 0.876. The van der Waals surface area contributed by atoms with Gasteiger partial charge in [-0.1, -0.05) is 6.42 Å². The zero-order valence-corrected chi connectivity index (χ0v) is 17.3. The maximum Gasteiger partial charge on any atom is 0.193 e. The number of fused-ring (bicyclic) bond motifs is 1. The van der Waals surface area contributed by atoms with E-state index in [0.29, 0.717) is 6.54 Å². The number of nitrogens with one attached hydrogen (secondary N) is 2. The van der Waals surface area contributed by atoms with E-state index in [0.717, 1.165) is 36.2 Å². The van der Waals surface area contributed by atoms with Gasteiger partial charge in [-0.3, -0.25) is 4.40 Å². The van der Waals surface area contributed by atoms with Crippen molar-refractivity contribution < 1.29 is 0 Å². The first kappa shape index (κ1) is 19.5. The van der Waals surface area contributed by atoms with Gasteiger partial charge in [-0.2, -0.15) is 0 Å². The van der Waals surface area contributed by atoms with Crippen molar-refractivity contribution in [1.29, 1.82) is 0 Å². The molecule has 3 rings (SSSR count). The molecular formula is C16H27IN6S. The molecule has 24 heavy (non-hydrogen) atoms. The van der Waals surface area contributed by atoms with Crippen LogP contribution in [-0.4, -0.2) is 53.0 Å². The Kier molecular flexibility index (Phi) is 8.26. The first-order valence-corrected chi connectivity index (χ1v) is 9.38. The van der Waals surface area contributed by atoms with Crippen molar-refractivity contribution in [3.05, 3.63) is 23.5 Å². The molecule has 0 aromatic carbocycles. The number of piperidine rings is 1. The van der Waals surface area contributed by atoms with E-state index in [4.69, 9.17) is 0 Å². The molecular weight excluding hydrogens is 435 g/mol. The molecule has 6 nitrogen and oxygen atoms in total. The van der Waals surface area contributed by atoms with E-state index in [-0.39, 0.29) is 24.0 Å². The minimum Gasteiger partial charge on any atom is -0.357 e. The third-order valence-corrected chi connectivity index (χ3v) is 4.83. The van der Waals surface area contributed by atoms with Crippen LogP contribution >= 0.6 is 35.3 Å². The second-order valence-corrected chi connectivity index (χ2v) is 6.72. The van der Waals surface area contributed by atoms with Crippen molar-refractivity contribution in [3.8, 4) is 0 Å². The van der Waals surface area contributed by atoms with Crippen LogP contribution in [0.15, 0.2) is 22.8 Å². The summed E-state index contributed by atoms with van der Waals surface area (Å²) in [6, 6.07) is 0. The van der Waals surface area contributed by atoms with Gasteiger partial charge in [-0.15, -0.1) is 35.3 Å². The highest BCUT2D eigenvalue weighted by Gasteiger charge is 2.09. The van der Waals surface area contributed by atoms with Crippen molar-refractivity contribution in [2.45, 2.75) is 32.7 Å². The highest BCUT2D eigenvalue weighted by Crippen LogP contribution is 2.11. The van der Waals surface area contributed by atoms with E-state index in [1.54, 1.807) is 11.3 Å². The van der Waals surface area contributed by atoms with E-state index in [9.17, 15) is 0 Å². The first-order valence-electron chi connectivity index (χ1n) is 8.51. The van der Waals surface area contributed by atoms with Gasteiger partial charge in [-0.25, -0.2) is 9.98 Å². The number of imidazole rings is 1. The highest BCUT2D eigenvalue weighted by molar-refractivity contribution is 14.0. The standard InChI is InChI=1S/C16H26N6S.HI/c1-2-17-15(18-6-9-21-7-4-3-5-8-21)19-12-14-13-22-10-11-23-16(22)20-14;/h10-11,13H,2-9,12H2,1H3,(H2,17,18,19);1H. The molecule has 1 aliphatic heterocycles. The third-order valence-electron chi connectivity index (χ3n) is 4.06. The molecule has 0 unspecified atom stereocenters. The van der Waals surface area contributed by atoms with Gasteiger partial charge in [0.15, 0.2) is 10.9 Å². The summed E-state index contributed by atoms with van der Waals surface area (Å²) < 4.78 is 2.05. The fourth-order valence-corrected chi connectivity index (χ4v) is 3.59. The van der Waals surface area contributed by atoms with Gasteiger partial charge in [0.2, 0.25) is 0 Å². The first-order chi connectivity index (χ1) is 11.3. The number of guanidine groups is 1. The number of aliphatic imine (C=N–C) groups is 1. The SMILES string of the molecule is CCNC(=NCc1cn2ccsc2n1)NCCN1CCCCC1.I. The molecule has 3 heterocycles. The topological polar surface area (TPSA) is 57.0 Å². The zero-order chi connectivity index (χ0) is 15.9.